The van der Waals surface area contributed by atoms with Crippen LogP contribution >= 0.6 is 11.6 Å². The number of benzene rings is 1. The van der Waals surface area contributed by atoms with Crippen LogP contribution in [0.15, 0.2) is 30.6 Å². The summed E-state index contributed by atoms with van der Waals surface area (Å²) in [5.41, 5.74) is -1.25. The fourth-order valence-corrected chi connectivity index (χ4v) is 2.14. The van der Waals surface area contributed by atoms with Gasteiger partial charge in [-0.25, -0.2) is 9.97 Å². The van der Waals surface area contributed by atoms with Gasteiger partial charge in [0.25, 0.3) is 0 Å². The number of hydrogen-bond donors (Lipinski definition) is 1. The normalized spacial score (nSPS) is 11.6. The Morgan fingerprint density at radius 2 is 1.96 bits per heavy atom. The zero-order valence-electron chi connectivity index (χ0n) is 11.9. The molecule has 0 aliphatic carbocycles. The maximum Gasteiger partial charge on any atom is 0.419 e. The van der Waals surface area contributed by atoms with E-state index in [9.17, 15) is 22.0 Å². The van der Waals surface area contributed by atoms with Gasteiger partial charge in [-0.3, -0.25) is 0 Å². The molecule has 24 heavy (non-hydrogen) atoms. The molecule has 0 bridgehead atoms. The third-order valence-corrected chi connectivity index (χ3v) is 3.15. The van der Waals surface area contributed by atoms with Crippen LogP contribution in [0.4, 0.5) is 27.8 Å². The average molecular weight is 368 g/mol. The summed E-state index contributed by atoms with van der Waals surface area (Å²) in [7, 11) is 0. The highest BCUT2D eigenvalue weighted by molar-refractivity contribution is 6.29. The molecule has 0 aliphatic heterocycles. The van der Waals surface area contributed by atoms with Crippen molar-refractivity contribution >= 4 is 17.4 Å². The van der Waals surface area contributed by atoms with E-state index in [2.05, 4.69) is 20.0 Å². The van der Waals surface area contributed by atoms with E-state index in [1.165, 1.54) is 18.5 Å². The number of nitrogens with one attached hydrogen (secondary N) is 1. The lowest BCUT2D eigenvalue weighted by Gasteiger charge is -2.17. The van der Waals surface area contributed by atoms with Crippen molar-refractivity contribution in [3.8, 4) is 5.75 Å². The van der Waals surface area contributed by atoms with E-state index in [1.54, 1.807) is 0 Å². The van der Waals surface area contributed by atoms with Gasteiger partial charge < -0.3 is 10.1 Å². The lowest BCUT2D eigenvalue weighted by atomic mass is 10.1. The molecule has 1 aromatic heterocycles. The smallest absolute Gasteiger partial charge is 0.419 e. The molecule has 2 rings (SSSR count). The SMILES string of the molecule is FC(F)Oc1c(CCNc2cc(Cl)ncn2)cccc1C(F)(F)F. The first-order valence-corrected chi connectivity index (χ1v) is 7.00. The first kappa shape index (κ1) is 18.2. The number of rotatable bonds is 6. The highest BCUT2D eigenvalue weighted by Gasteiger charge is 2.36. The second kappa shape index (κ2) is 7.61. The number of ether oxygens (including phenoxy) is 1. The van der Waals surface area contributed by atoms with Crippen molar-refractivity contribution in [2.45, 2.75) is 19.2 Å². The first-order valence-electron chi connectivity index (χ1n) is 6.62. The van der Waals surface area contributed by atoms with Crippen molar-refractivity contribution in [2.75, 3.05) is 11.9 Å². The molecule has 0 atom stereocenters. The zero-order valence-corrected chi connectivity index (χ0v) is 12.7. The van der Waals surface area contributed by atoms with E-state index in [0.717, 1.165) is 6.07 Å². The fourth-order valence-electron chi connectivity index (χ4n) is 1.99. The van der Waals surface area contributed by atoms with Crippen molar-refractivity contribution < 1.29 is 26.7 Å². The van der Waals surface area contributed by atoms with Crippen molar-refractivity contribution in [2.24, 2.45) is 0 Å². The molecular weight excluding hydrogens is 357 g/mol. The Labute approximate surface area is 138 Å². The molecule has 10 heteroatoms. The topological polar surface area (TPSA) is 47.0 Å². The van der Waals surface area contributed by atoms with Crippen molar-refractivity contribution in [1.82, 2.24) is 9.97 Å². The molecule has 0 aliphatic rings. The highest BCUT2D eigenvalue weighted by atomic mass is 35.5. The van der Waals surface area contributed by atoms with Gasteiger partial charge in [0.2, 0.25) is 0 Å². The van der Waals surface area contributed by atoms with Crippen LogP contribution in [0.25, 0.3) is 0 Å². The summed E-state index contributed by atoms with van der Waals surface area (Å²) in [6.45, 7) is -3.23. The van der Waals surface area contributed by atoms with Crippen LogP contribution in [0, 0.1) is 0 Å². The Bertz CT molecular complexity index is 696. The number of para-hydroxylation sites is 1. The van der Waals surface area contributed by atoms with Gasteiger partial charge in [-0.15, -0.1) is 0 Å². The minimum Gasteiger partial charge on any atom is -0.434 e. The van der Waals surface area contributed by atoms with Gasteiger partial charge in [0, 0.05) is 12.6 Å². The molecule has 0 saturated heterocycles. The van der Waals surface area contributed by atoms with Crippen LogP contribution < -0.4 is 10.1 Å². The molecule has 1 aromatic carbocycles. The molecule has 1 heterocycles. The Morgan fingerprint density at radius 3 is 2.58 bits per heavy atom. The highest BCUT2D eigenvalue weighted by Crippen LogP contribution is 2.39. The molecule has 0 unspecified atom stereocenters. The quantitative estimate of drug-likeness (QED) is 0.607. The molecule has 2 aromatic rings. The summed E-state index contributed by atoms with van der Waals surface area (Å²) in [6.07, 6.45) is -3.58. The van der Waals surface area contributed by atoms with Crippen LogP contribution in [0.5, 0.6) is 5.75 Å². The molecule has 0 spiro atoms. The van der Waals surface area contributed by atoms with E-state index in [1.807, 2.05) is 0 Å². The lowest BCUT2D eigenvalue weighted by molar-refractivity contribution is -0.142. The van der Waals surface area contributed by atoms with Gasteiger partial charge in [0.05, 0.1) is 5.56 Å². The number of aromatic nitrogens is 2. The Kier molecular flexibility index (Phi) is 5.76. The second-order valence-corrected chi connectivity index (χ2v) is 4.96. The average Bonchev–Trinajstić information content (AvgIpc) is 2.47. The van der Waals surface area contributed by atoms with E-state index >= 15 is 0 Å². The van der Waals surface area contributed by atoms with Gasteiger partial charge in [-0.05, 0) is 18.1 Å². The van der Waals surface area contributed by atoms with Crippen molar-refractivity contribution in [3.63, 3.8) is 0 Å². The van der Waals surface area contributed by atoms with E-state index in [-0.39, 0.29) is 23.7 Å². The van der Waals surface area contributed by atoms with Gasteiger partial charge >= 0.3 is 12.8 Å². The predicted molar refractivity (Wildman–Crippen MR) is 77.3 cm³/mol. The number of alkyl halides is 5. The number of anilines is 1. The Morgan fingerprint density at radius 1 is 1.21 bits per heavy atom. The lowest BCUT2D eigenvalue weighted by Crippen LogP contribution is -2.15. The Hall–Kier alpha value is -2.16. The number of hydrogen-bond acceptors (Lipinski definition) is 4. The van der Waals surface area contributed by atoms with E-state index < -0.39 is 24.1 Å². The predicted octanol–water partition coefficient (Wildman–Crippen LogP) is 4.40. The maximum absolute atomic E-state index is 12.9. The maximum atomic E-state index is 12.9. The van der Waals surface area contributed by atoms with Gasteiger partial charge in [-0.1, -0.05) is 23.7 Å². The van der Waals surface area contributed by atoms with Crippen LogP contribution in [-0.4, -0.2) is 23.1 Å². The molecule has 1 N–H and O–H groups in total. The molecule has 0 radical (unpaired) electrons. The van der Waals surface area contributed by atoms with Crippen molar-refractivity contribution in [1.29, 1.82) is 0 Å². The number of nitrogens with zero attached hydrogens (tertiary/aromatic N) is 2. The molecule has 0 amide bonds. The first-order chi connectivity index (χ1) is 11.3. The Balaban J connectivity index is 2.16. The molecular formula is C14H11ClF5N3O. The molecule has 0 fully saturated rings. The van der Waals surface area contributed by atoms with Gasteiger partial charge in [0.1, 0.15) is 23.0 Å². The van der Waals surface area contributed by atoms with Gasteiger partial charge in [0.15, 0.2) is 0 Å². The van der Waals surface area contributed by atoms with E-state index in [4.69, 9.17) is 11.6 Å². The summed E-state index contributed by atoms with van der Waals surface area (Å²) >= 11 is 5.67. The summed E-state index contributed by atoms with van der Waals surface area (Å²) < 4.78 is 67.8. The summed E-state index contributed by atoms with van der Waals surface area (Å²) in [5, 5.41) is 3.00. The van der Waals surface area contributed by atoms with Crippen LogP contribution in [0.2, 0.25) is 5.15 Å². The van der Waals surface area contributed by atoms with Crippen molar-refractivity contribution in [3.05, 3.63) is 46.9 Å². The third kappa shape index (κ3) is 4.92. The van der Waals surface area contributed by atoms with Crippen LogP contribution in [-0.2, 0) is 12.6 Å². The monoisotopic (exact) mass is 367 g/mol. The van der Waals surface area contributed by atoms with Crippen LogP contribution in [0.3, 0.4) is 0 Å². The summed E-state index contributed by atoms with van der Waals surface area (Å²) in [6, 6.07) is 4.54. The second-order valence-electron chi connectivity index (χ2n) is 4.57. The molecule has 4 nitrogen and oxygen atoms in total. The fraction of sp³-hybridized carbons (Fsp3) is 0.286. The largest absolute Gasteiger partial charge is 0.434 e. The van der Waals surface area contributed by atoms with E-state index in [0.29, 0.717) is 11.9 Å². The summed E-state index contributed by atoms with van der Waals surface area (Å²) in [4.78, 5) is 7.54. The number of halogens is 6. The van der Waals surface area contributed by atoms with Gasteiger partial charge in [-0.2, -0.15) is 22.0 Å². The molecule has 130 valence electrons. The summed E-state index contributed by atoms with van der Waals surface area (Å²) in [5.74, 6) is -0.513. The zero-order chi connectivity index (χ0) is 17.7. The third-order valence-electron chi connectivity index (χ3n) is 2.94. The van der Waals surface area contributed by atoms with Crippen LogP contribution in [0.1, 0.15) is 11.1 Å². The standard InChI is InChI=1S/C14H11ClF5N3O/c15-10-6-11(23-7-22-10)21-5-4-8-2-1-3-9(14(18,19)20)12(8)24-13(16)17/h1-3,6-7,13H,4-5H2,(H,21,22,23). The minimum atomic E-state index is -4.80. The minimum absolute atomic E-state index is 0.00206. The molecule has 0 saturated carbocycles.